The number of aliphatic hydroxyl groups is 2. The molecule has 266 valence electrons. The highest BCUT2D eigenvalue weighted by Gasteiger charge is 2.67. The van der Waals surface area contributed by atoms with Crippen LogP contribution in [0, 0.1) is 57.7 Å². The standard InChI is InChI=1S/C39H59F3O5/c1-23(14-15-24(2)35(3,4)5)27-16-17-28-26-20-33(47-34(45)38(46-8,39(40,41)42)25-12-10-9-11-13-25)30-21-31(43)32(44)22-37(30,7)29(26)18-19-36(27,28)6/h9-13,23-24,26-33,43-44H,14-22H2,1-8H3/t23-,24?,26+,27-,28+,29+,30-,31+,32+,33+,36-,37-,38+/m1/s1. The maximum atomic E-state index is 14.9. The molecule has 0 bridgehead atoms. The first kappa shape index (κ1) is 36.6. The van der Waals surface area contributed by atoms with Gasteiger partial charge in [0, 0.05) is 18.6 Å². The van der Waals surface area contributed by atoms with E-state index in [1.165, 1.54) is 37.1 Å². The van der Waals surface area contributed by atoms with E-state index in [0.717, 1.165) is 32.8 Å². The third-order valence-electron chi connectivity index (χ3n) is 14.4. The van der Waals surface area contributed by atoms with Gasteiger partial charge < -0.3 is 19.7 Å². The number of benzene rings is 1. The number of aliphatic hydroxyl groups excluding tert-OH is 2. The molecule has 0 spiro atoms. The zero-order chi connectivity index (χ0) is 34.7. The first-order valence-electron chi connectivity index (χ1n) is 18.1. The van der Waals surface area contributed by atoms with E-state index in [9.17, 15) is 28.2 Å². The number of halogens is 3. The summed E-state index contributed by atoms with van der Waals surface area (Å²) in [6.07, 6.45) is -0.212. The molecule has 8 heteroatoms. The SMILES string of the molecule is CO[C@](C(=O)O[C@H]1C[C@@H]2[C@H](CC[C@]3(C)[C@@H]([C@H](C)CCC(C)C(C)(C)C)CC[C@@H]23)[C@@]2(C)C[C@H](O)[C@@H](O)C[C@H]12)(c1ccccc1)C(F)(F)F. The van der Waals surface area contributed by atoms with Crippen LogP contribution in [0.5, 0.6) is 0 Å². The van der Waals surface area contributed by atoms with Gasteiger partial charge in [0.1, 0.15) is 6.10 Å². The molecular formula is C39H59F3O5. The third-order valence-corrected chi connectivity index (χ3v) is 14.4. The second kappa shape index (κ2) is 12.9. The molecule has 0 heterocycles. The van der Waals surface area contributed by atoms with E-state index in [2.05, 4.69) is 48.5 Å². The smallest absolute Gasteiger partial charge is 0.432 e. The predicted molar refractivity (Wildman–Crippen MR) is 176 cm³/mol. The van der Waals surface area contributed by atoms with Gasteiger partial charge in [-0.1, -0.05) is 85.2 Å². The summed E-state index contributed by atoms with van der Waals surface area (Å²) in [7, 11) is 0.901. The Morgan fingerprint density at radius 1 is 0.915 bits per heavy atom. The summed E-state index contributed by atoms with van der Waals surface area (Å²) in [5, 5.41) is 21.8. The molecule has 1 aromatic rings. The Hall–Kier alpha value is -1.64. The van der Waals surface area contributed by atoms with E-state index in [1.54, 1.807) is 6.07 Å². The van der Waals surface area contributed by atoms with Crippen LogP contribution in [0.15, 0.2) is 30.3 Å². The molecule has 1 aromatic carbocycles. The van der Waals surface area contributed by atoms with Crippen LogP contribution >= 0.6 is 0 Å². The van der Waals surface area contributed by atoms with Gasteiger partial charge in [0.25, 0.3) is 5.60 Å². The summed E-state index contributed by atoms with van der Waals surface area (Å²) in [5.41, 5.74) is -3.71. The molecule has 0 saturated heterocycles. The van der Waals surface area contributed by atoms with Gasteiger partial charge in [0.15, 0.2) is 0 Å². The van der Waals surface area contributed by atoms with Crippen LogP contribution < -0.4 is 0 Å². The van der Waals surface area contributed by atoms with E-state index >= 15 is 0 Å². The highest BCUT2D eigenvalue weighted by atomic mass is 19.4. The summed E-state index contributed by atoms with van der Waals surface area (Å²) in [6, 6.07) is 6.98. The minimum Gasteiger partial charge on any atom is -0.459 e. The molecule has 0 amide bonds. The van der Waals surface area contributed by atoms with Gasteiger partial charge >= 0.3 is 12.1 Å². The molecule has 0 aliphatic heterocycles. The molecule has 0 radical (unpaired) electrons. The lowest BCUT2D eigenvalue weighted by Crippen LogP contribution is -2.62. The normalized spacial score (nSPS) is 39.9. The monoisotopic (exact) mass is 664 g/mol. The van der Waals surface area contributed by atoms with Gasteiger partial charge in [0.05, 0.1) is 12.2 Å². The molecular weight excluding hydrogens is 605 g/mol. The van der Waals surface area contributed by atoms with Crippen molar-refractivity contribution in [3.05, 3.63) is 35.9 Å². The number of rotatable bonds is 8. The summed E-state index contributed by atoms with van der Waals surface area (Å²) in [6.45, 7) is 16.3. The van der Waals surface area contributed by atoms with Crippen LogP contribution in [0.25, 0.3) is 0 Å². The second-order valence-corrected chi connectivity index (χ2v) is 17.5. The molecule has 0 aromatic heterocycles. The van der Waals surface area contributed by atoms with E-state index in [0.29, 0.717) is 36.5 Å². The van der Waals surface area contributed by atoms with E-state index in [4.69, 9.17) is 9.47 Å². The average Bonchev–Trinajstić information content (AvgIpc) is 3.34. The van der Waals surface area contributed by atoms with E-state index in [-0.39, 0.29) is 40.6 Å². The average molecular weight is 665 g/mol. The van der Waals surface area contributed by atoms with E-state index in [1.807, 2.05) is 0 Å². The predicted octanol–water partition coefficient (Wildman–Crippen LogP) is 8.70. The van der Waals surface area contributed by atoms with Crippen molar-refractivity contribution in [1.82, 2.24) is 0 Å². The van der Waals surface area contributed by atoms with Gasteiger partial charge in [-0.2, -0.15) is 13.2 Å². The molecule has 47 heavy (non-hydrogen) atoms. The topological polar surface area (TPSA) is 76.0 Å². The van der Waals surface area contributed by atoms with Crippen LogP contribution in [0.1, 0.15) is 112 Å². The summed E-state index contributed by atoms with van der Waals surface area (Å²) in [4.78, 5) is 13.9. The van der Waals surface area contributed by atoms with Crippen molar-refractivity contribution < 1.29 is 37.7 Å². The maximum absolute atomic E-state index is 14.9. The second-order valence-electron chi connectivity index (χ2n) is 17.5. The molecule has 2 N–H and O–H groups in total. The number of hydrogen-bond donors (Lipinski definition) is 2. The Kier molecular flexibility index (Phi) is 10.1. The van der Waals surface area contributed by atoms with Crippen LogP contribution in [0.4, 0.5) is 13.2 Å². The van der Waals surface area contributed by atoms with Gasteiger partial charge in [-0.25, -0.2) is 4.79 Å². The fourth-order valence-corrected chi connectivity index (χ4v) is 11.2. The number of carbonyl (C=O) groups is 1. The zero-order valence-electron chi connectivity index (χ0n) is 29.8. The van der Waals surface area contributed by atoms with Crippen molar-refractivity contribution in [2.45, 2.75) is 136 Å². The highest BCUT2D eigenvalue weighted by molar-refractivity contribution is 5.83. The number of carbonyl (C=O) groups excluding carboxylic acids is 1. The quantitative estimate of drug-likeness (QED) is 0.272. The van der Waals surface area contributed by atoms with Crippen LogP contribution in [-0.4, -0.2) is 47.8 Å². The highest BCUT2D eigenvalue weighted by Crippen LogP contribution is 2.69. The van der Waals surface area contributed by atoms with Gasteiger partial charge in [-0.3, -0.25) is 0 Å². The van der Waals surface area contributed by atoms with Crippen molar-refractivity contribution in [2.75, 3.05) is 7.11 Å². The van der Waals surface area contributed by atoms with Crippen molar-refractivity contribution in [3.63, 3.8) is 0 Å². The Morgan fingerprint density at radius 2 is 1.55 bits per heavy atom. The lowest BCUT2D eigenvalue weighted by atomic mass is 9.43. The first-order valence-corrected chi connectivity index (χ1v) is 18.1. The molecule has 4 aliphatic carbocycles. The molecule has 5 nitrogen and oxygen atoms in total. The molecule has 1 unspecified atom stereocenters. The molecule has 5 rings (SSSR count). The van der Waals surface area contributed by atoms with Crippen molar-refractivity contribution >= 4 is 5.97 Å². The Morgan fingerprint density at radius 3 is 2.15 bits per heavy atom. The number of fused-ring (bicyclic) bond motifs is 5. The lowest BCUT2D eigenvalue weighted by molar-refractivity contribution is -0.283. The number of hydrogen-bond acceptors (Lipinski definition) is 5. The lowest BCUT2D eigenvalue weighted by Gasteiger charge is -2.63. The number of ether oxygens (including phenoxy) is 2. The number of methoxy groups -OCH3 is 1. The van der Waals surface area contributed by atoms with Crippen molar-refractivity contribution in [2.24, 2.45) is 57.7 Å². The van der Waals surface area contributed by atoms with E-state index < -0.39 is 41.5 Å². The minimum absolute atomic E-state index is 0.0996. The summed E-state index contributed by atoms with van der Waals surface area (Å²) >= 11 is 0. The first-order chi connectivity index (χ1) is 21.8. The van der Waals surface area contributed by atoms with Crippen LogP contribution in [0.3, 0.4) is 0 Å². The van der Waals surface area contributed by atoms with Crippen molar-refractivity contribution in [1.29, 1.82) is 0 Å². The molecule has 4 saturated carbocycles. The Labute approximate surface area is 280 Å². The zero-order valence-corrected chi connectivity index (χ0v) is 29.8. The number of esters is 1. The Balaban J connectivity index is 1.46. The number of alkyl halides is 3. The van der Waals surface area contributed by atoms with Crippen LogP contribution in [-0.2, 0) is 19.9 Å². The van der Waals surface area contributed by atoms with Gasteiger partial charge in [0.2, 0.25) is 0 Å². The minimum atomic E-state index is -5.06. The van der Waals surface area contributed by atoms with Gasteiger partial charge in [-0.15, -0.1) is 0 Å². The molecule has 4 aliphatic rings. The summed E-state index contributed by atoms with van der Waals surface area (Å²) < 4.78 is 55.8. The maximum Gasteiger partial charge on any atom is 0.432 e. The van der Waals surface area contributed by atoms with Gasteiger partial charge in [-0.05, 0) is 103 Å². The van der Waals surface area contributed by atoms with Crippen LogP contribution in [0.2, 0.25) is 0 Å². The third kappa shape index (κ3) is 6.19. The summed E-state index contributed by atoms with van der Waals surface area (Å²) in [5.74, 6) is 0.673. The fourth-order valence-electron chi connectivity index (χ4n) is 11.2. The molecule has 13 atom stereocenters. The Bertz CT molecular complexity index is 1250. The van der Waals surface area contributed by atoms with Crippen molar-refractivity contribution in [3.8, 4) is 0 Å². The fraction of sp³-hybridized carbons (Fsp3) is 0.821. The molecule has 4 fully saturated rings. The largest absolute Gasteiger partial charge is 0.459 e.